The van der Waals surface area contributed by atoms with Gasteiger partial charge in [0.15, 0.2) is 5.16 Å². The molecule has 1 aromatic rings. The summed E-state index contributed by atoms with van der Waals surface area (Å²) < 4.78 is 17.7. The number of alkyl halides is 1. The first-order chi connectivity index (χ1) is 7.52. The number of hydrogen-bond acceptors (Lipinski definition) is 7. The summed E-state index contributed by atoms with van der Waals surface area (Å²) in [6.45, 7) is 1.70. The lowest BCUT2D eigenvalue weighted by atomic mass is 10.5. The number of nitrogens with zero attached hydrogens (tertiary/aromatic N) is 2. The normalized spacial score (nSPS) is 12.1. The first kappa shape index (κ1) is 12.5. The summed E-state index contributed by atoms with van der Waals surface area (Å²) in [7, 11) is 0. The molecule has 0 amide bonds. The van der Waals surface area contributed by atoms with Gasteiger partial charge in [-0.15, -0.1) is 0 Å². The number of hydrogen-bond donors (Lipinski definition) is 2. The number of esters is 1. The number of nitrogen functional groups attached to an aromatic ring is 2. The molecule has 1 aromatic heterocycles. The highest BCUT2D eigenvalue weighted by Crippen LogP contribution is 2.23. The highest BCUT2D eigenvalue weighted by Gasteiger charge is 2.21. The van der Waals surface area contributed by atoms with Gasteiger partial charge in [-0.2, -0.15) is 0 Å². The van der Waals surface area contributed by atoms with Crippen molar-refractivity contribution in [3.05, 3.63) is 6.07 Å². The van der Waals surface area contributed by atoms with Crippen LogP contribution in [0.25, 0.3) is 0 Å². The first-order valence-electron chi connectivity index (χ1n) is 4.40. The molecule has 0 fully saturated rings. The number of anilines is 2. The molecule has 88 valence electrons. The molecule has 6 nitrogen and oxygen atoms in total. The van der Waals surface area contributed by atoms with Crippen LogP contribution in [0.4, 0.5) is 16.0 Å². The van der Waals surface area contributed by atoms with Crippen molar-refractivity contribution in [2.45, 2.75) is 17.6 Å². The van der Waals surface area contributed by atoms with Crippen LogP contribution in [0.1, 0.15) is 6.92 Å². The molecule has 0 aliphatic rings. The molecule has 16 heavy (non-hydrogen) atoms. The fraction of sp³-hybridized carbons (Fsp3) is 0.375. The number of thioether (sulfide) groups is 1. The smallest absolute Gasteiger partial charge is 0.351 e. The van der Waals surface area contributed by atoms with Crippen LogP contribution in [0.2, 0.25) is 0 Å². The SMILES string of the molecule is CCOC(=O)C(F)Sc1nc(N)cc(N)n1. The van der Waals surface area contributed by atoms with Gasteiger partial charge in [-0.25, -0.2) is 19.2 Å². The Bertz CT molecular complexity index is 370. The average Bonchev–Trinajstić information content (AvgIpc) is 2.16. The molecule has 0 aliphatic heterocycles. The number of ether oxygens (including phenoxy) is 1. The summed E-state index contributed by atoms with van der Waals surface area (Å²) in [4.78, 5) is 18.4. The Balaban J connectivity index is 2.69. The second-order valence-electron chi connectivity index (χ2n) is 2.69. The number of rotatable bonds is 4. The van der Waals surface area contributed by atoms with Crippen molar-refractivity contribution in [2.24, 2.45) is 0 Å². The van der Waals surface area contributed by atoms with Crippen molar-refractivity contribution in [2.75, 3.05) is 18.1 Å². The van der Waals surface area contributed by atoms with Crippen molar-refractivity contribution < 1.29 is 13.9 Å². The molecular weight excluding hydrogens is 235 g/mol. The van der Waals surface area contributed by atoms with E-state index in [9.17, 15) is 9.18 Å². The summed E-state index contributed by atoms with van der Waals surface area (Å²) in [5, 5.41) is -0.00180. The summed E-state index contributed by atoms with van der Waals surface area (Å²) >= 11 is 0.497. The van der Waals surface area contributed by atoms with Gasteiger partial charge in [0, 0.05) is 6.07 Å². The van der Waals surface area contributed by atoms with E-state index in [1.807, 2.05) is 0 Å². The summed E-state index contributed by atoms with van der Waals surface area (Å²) in [5.74, 6) is -0.741. The number of carbonyl (C=O) groups is 1. The van der Waals surface area contributed by atoms with Crippen LogP contribution in [0.15, 0.2) is 11.2 Å². The molecular formula is C8H11FN4O2S. The van der Waals surface area contributed by atoms with Crippen LogP contribution < -0.4 is 11.5 Å². The third-order valence-electron chi connectivity index (χ3n) is 1.43. The zero-order chi connectivity index (χ0) is 12.1. The molecule has 1 rings (SSSR count). The predicted molar refractivity (Wildman–Crippen MR) is 58.2 cm³/mol. The minimum Gasteiger partial charge on any atom is -0.463 e. The Morgan fingerprint density at radius 2 is 2.12 bits per heavy atom. The van der Waals surface area contributed by atoms with Crippen LogP contribution in [0, 0.1) is 0 Å². The largest absolute Gasteiger partial charge is 0.463 e. The van der Waals surface area contributed by atoms with E-state index in [0.717, 1.165) is 0 Å². The van der Waals surface area contributed by atoms with E-state index in [0.29, 0.717) is 11.8 Å². The quantitative estimate of drug-likeness (QED) is 0.455. The van der Waals surface area contributed by atoms with Crippen LogP contribution in [-0.2, 0) is 9.53 Å². The Hall–Kier alpha value is -1.57. The summed E-state index contributed by atoms with van der Waals surface area (Å²) in [6, 6.07) is 1.33. The standard InChI is InChI=1S/C8H11FN4O2S/c1-2-15-7(14)6(9)16-8-12-4(10)3-5(11)13-8/h3,6H,2H2,1H3,(H4,10,11,12,13). The van der Waals surface area contributed by atoms with Gasteiger partial charge >= 0.3 is 5.97 Å². The molecule has 1 unspecified atom stereocenters. The maximum Gasteiger partial charge on any atom is 0.351 e. The van der Waals surface area contributed by atoms with Gasteiger partial charge in [0.25, 0.3) is 0 Å². The molecule has 1 heterocycles. The first-order valence-corrected chi connectivity index (χ1v) is 5.28. The Labute approximate surface area is 95.6 Å². The maximum absolute atomic E-state index is 13.3. The van der Waals surface area contributed by atoms with E-state index in [1.165, 1.54) is 6.07 Å². The second-order valence-corrected chi connectivity index (χ2v) is 3.70. The molecule has 0 aromatic carbocycles. The van der Waals surface area contributed by atoms with Crippen molar-refractivity contribution in [3.8, 4) is 0 Å². The molecule has 0 radical (unpaired) electrons. The number of nitrogens with two attached hydrogens (primary N) is 2. The number of carbonyl (C=O) groups excluding carboxylic acids is 1. The third kappa shape index (κ3) is 3.54. The van der Waals surface area contributed by atoms with Crippen LogP contribution in [0.5, 0.6) is 0 Å². The fourth-order valence-corrected chi connectivity index (χ4v) is 1.53. The maximum atomic E-state index is 13.3. The lowest BCUT2D eigenvalue weighted by Crippen LogP contribution is -2.16. The lowest BCUT2D eigenvalue weighted by Gasteiger charge is -2.06. The van der Waals surface area contributed by atoms with Gasteiger partial charge in [-0.05, 0) is 18.7 Å². The minimum atomic E-state index is -1.89. The van der Waals surface area contributed by atoms with Crippen molar-refractivity contribution in [1.29, 1.82) is 0 Å². The fourth-order valence-electron chi connectivity index (χ4n) is 0.863. The molecule has 0 saturated heterocycles. The summed E-state index contributed by atoms with van der Waals surface area (Å²) in [6.07, 6.45) is 0. The van der Waals surface area contributed by atoms with E-state index in [1.54, 1.807) is 6.92 Å². The third-order valence-corrected chi connectivity index (χ3v) is 2.22. The van der Waals surface area contributed by atoms with Crippen LogP contribution in [-0.4, -0.2) is 28.0 Å². The summed E-state index contributed by atoms with van der Waals surface area (Å²) in [5.41, 5.74) is 8.89. The molecule has 0 saturated carbocycles. The average molecular weight is 246 g/mol. The predicted octanol–water partition coefficient (Wildman–Crippen LogP) is 0.592. The molecule has 0 bridgehead atoms. The van der Waals surface area contributed by atoms with Crippen molar-refractivity contribution in [3.63, 3.8) is 0 Å². The van der Waals surface area contributed by atoms with Gasteiger partial charge < -0.3 is 16.2 Å². The highest BCUT2D eigenvalue weighted by molar-refractivity contribution is 8.00. The zero-order valence-electron chi connectivity index (χ0n) is 8.51. The number of halogens is 1. The Morgan fingerprint density at radius 3 is 2.62 bits per heavy atom. The van der Waals surface area contributed by atoms with E-state index >= 15 is 0 Å². The van der Waals surface area contributed by atoms with Crippen LogP contribution in [0.3, 0.4) is 0 Å². The second kappa shape index (κ2) is 5.50. The van der Waals surface area contributed by atoms with Gasteiger partial charge in [-0.1, -0.05) is 0 Å². The van der Waals surface area contributed by atoms with Crippen molar-refractivity contribution in [1.82, 2.24) is 9.97 Å². The molecule has 0 aliphatic carbocycles. The van der Waals surface area contributed by atoms with Gasteiger partial charge in [0.05, 0.1) is 6.61 Å². The van der Waals surface area contributed by atoms with Gasteiger partial charge in [-0.3, -0.25) is 0 Å². The van der Waals surface area contributed by atoms with E-state index in [-0.39, 0.29) is 23.4 Å². The molecule has 1 atom stereocenters. The van der Waals surface area contributed by atoms with E-state index in [4.69, 9.17) is 11.5 Å². The number of aromatic nitrogens is 2. The molecule has 0 spiro atoms. The van der Waals surface area contributed by atoms with E-state index < -0.39 is 11.5 Å². The topological polar surface area (TPSA) is 104 Å². The highest BCUT2D eigenvalue weighted by atomic mass is 32.2. The monoisotopic (exact) mass is 246 g/mol. The van der Waals surface area contributed by atoms with Crippen LogP contribution >= 0.6 is 11.8 Å². The van der Waals surface area contributed by atoms with Gasteiger partial charge in [0.2, 0.25) is 5.50 Å². The van der Waals surface area contributed by atoms with Crippen molar-refractivity contribution >= 4 is 29.4 Å². The van der Waals surface area contributed by atoms with Gasteiger partial charge in [0.1, 0.15) is 11.6 Å². The minimum absolute atomic E-state index is 0.00180. The van der Waals surface area contributed by atoms with E-state index in [2.05, 4.69) is 14.7 Å². The Kier molecular flexibility index (Phi) is 4.29. The zero-order valence-corrected chi connectivity index (χ0v) is 9.33. The molecule has 8 heteroatoms. The Morgan fingerprint density at radius 1 is 1.56 bits per heavy atom. The lowest BCUT2D eigenvalue weighted by molar-refractivity contribution is -0.145. The molecule has 4 N–H and O–H groups in total.